The van der Waals surface area contributed by atoms with Crippen molar-refractivity contribution in [3.8, 4) is 10.6 Å². The van der Waals surface area contributed by atoms with E-state index in [0.29, 0.717) is 17.0 Å². The molecule has 0 saturated heterocycles. The lowest BCUT2D eigenvalue weighted by atomic mass is 10.1. The van der Waals surface area contributed by atoms with E-state index in [1.807, 2.05) is 71.4 Å². The molecule has 1 unspecified atom stereocenters. The van der Waals surface area contributed by atoms with Gasteiger partial charge in [0, 0.05) is 17.4 Å². The molecule has 0 aliphatic carbocycles. The van der Waals surface area contributed by atoms with Crippen LogP contribution in [0.25, 0.3) is 10.6 Å². The van der Waals surface area contributed by atoms with Gasteiger partial charge in [-0.2, -0.15) is 0 Å². The maximum Gasteiger partial charge on any atom is 0.329 e. The van der Waals surface area contributed by atoms with Gasteiger partial charge in [-0.05, 0) is 17.0 Å². The van der Waals surface area contributed by atoms with E-state index >= 15 is 0 Å². The number of nitrogens with one attached hydrogen (secondary N) is 1. The highest BCUT2D eigenvalue weighted by Crippen LogP contribution is 2.23. The number of ether oxygens (including phenoxy) is 1. The molecule has 0 saturated carbocycles. The fourth-order valence-electron chi connectivity index (χ4n) is 3.01. The molecule has 1 atom stereocenters. The number of benzene rings is 2. The van der Waals surface area contributed by atoms with Gasteiger partial charge in [0.1, 0.15) is 17.7 Å². The van der Waals surface area contributed by atoms with Gasteiger partial charge in [-0.15, -0.1) is 22.7 Å². The van der Waals surface area contributed by atoms with Crippen molar-refractivity contribution >= 4 is 34.6 Å². The summed E-state index contributed by atoms with van der Waals surface area (Å²) >= 11 is 2.83. The average molecular weight is 449 g/mol. The highest BCUT2D eigenvalue weighted by molar-refractivity contribution is 7.13. The lowest BCUT2D eigenvalue weighted by molar-refractivity contribution is -0.147. The fourth-order valence-corrected chi connectivity index (χ4v) is 4.45. The molecule has 0 bridgehead atoms. The molecule has 2 aromatic heterocycles. The van der Waals surface area contributed by atoms with E-state index in [9.17, 15) is 9.59 Å². The summed E-state index contributed by atoms with van der Waals surface area (Å²) in [5.74, 6) is -0.768. The Bertz CT molecular complexity index is 1130. The molecule has 0 aliphatic heterocycles. The first kappa shape index (κ1) is 21.0. The van der Waals surface area contributed by atoms with Crippen molar-refractivity contribution in [2.75, 3.05) is 0 Å². The average Bonchev–Trinajstić information content (AvgIpc) is 3.51. The van der Waals surface area contributed by atoms with Gasteiger partial charge in [0.15, 0.2) is 0 Å². The normalized spacial score (nSPS) is 11.6. The zero-order valence-electron chi connectivity index (χ0n) is 16.6. The smallest absolute Gasteiger partial charge is 0.329 e. The Morgan fingerprint density at radius 3 is 2.39 bits per heavy atom. The predicted octanol–water partition coefficient (Wildman–Crippen LogP) is 4.96. The van der Waals surface area contributed by atoms with Gasteiger partial charge in [0.2, 0.25) is 0 Å². The summed E-state index contributed by atoms with van der Waals surface area (Å²) in [5, 5.41) is 7.39. The molecule has 0 radical (unpaired) electrons. The summed E-state index contributed by atoms with van der Waals surface area (Å²) in [6.45, 7) is 0.0579. The van der Waals surface area contributed by atoms with Crippen LogP contribution in [0.1, 0.15) is 20.9 Å². The van der Waals surface area contributed by atoms with Crippen molar-refractivity contribution in [2.24, 2.45) is 0 Å². The van der Waals surface area contributed by atoms with Crippen molar-refractivity contribution in [3.63, 3.8) is 0 Å². The van der Waals surface area contributed by atoms with Crippen LogP contribution < -0.4 is 5.32 Å². The Hall–Kier alpha value is -3.29. The summed E-state index contributed by atoms with van der Waals surface area (Å²) in [6.07, 6.45) is 0.350. The summed E-state index contributed by atoms with van der Waals surface area (Å²) in [5.41, 5.74) is 2.64. The van der Waals surface area contributed by atoms with Gasteiger partial charge in [0.25, 0.3) is 5.91 Å². The number of rotatable bonds is 8. The SMILES string of the molecule is O=C(NC(Cc1ccccc1)C(=O)OCc1csc(-c2ccccc2)n1)c1cccs1. The highest BCUT2D eigenvalue weighted by atomic mass is 32.1. The Morgan fingerprint density at radius 2 is 1.68 bits per heavy atom. The van der Waals surface area contributed by atoms with Crippen LogP contribution in [0.15, 0.2) is 83.6 Å². The molecule has 2 heterocycles. The molecule has 0 aliphatic rings. The van der Waals surface area contributed by atoms with Gasteiger partial charge >= 0.3 is 5.97 Å². The standard InChI is InChI=1S/C24H20N2O3S2/c27-22(21-12-7-13-30-21)26-20(14-17-8-3-1-4-9-17)24(28)29-15-19-16-31-23(25-19)18-10-5-2-6-11-18/h1-13,16,20H,14-15H2,(H,26,27). The number of esters is 1. The molecular formula is C24H20N2O3S2. The van der Waals surface area contributed by atoms with Crippen molar-refractivity contribution < 1.29 is 14.3 Å². The van der Waals surface area contributed by atoms with E-state index in [2.05, 4.69) is 10.3 Å². The number of carbonyl (C=O) groups excluding carboxylic acids is 2. The number of thiazole rings is 1. The largest absolute Gasteiger partial charge is 0.458 e. The molecule has 2 aromatic carbocycles. The van der Waals surface area contributed by atoms with E-state index in [1.165, 1.54) is 22.7 Å². The maximum atomic E-state index is 12.8. The quantitative estimate of drug-likeness (QED) is 0.387. The molecule has 0 fully saturated rings. The zero-order chi connectivity index (χ0) is 21.5. The third-order valence-corrected chi connectivity index (χ3v) is 6.36. The van der Waals surface area contributed by atoms with Gasteiger partial charge in [-0.25, -0.2) is 9.78 Å². The third-order valence-electron chi connectivity index (χ3n) is 4.55. The molecule has 4 aromatic rings. The van der Waals surface area contributed by atoms with Crippen LogP contribution in [-0.4, -0.2) is 22.9 Å². The fraction of sp³-hybridized carbons (Fsp3) is 0.125. The van der Waals surface area contributed by atoms with E-state index < -0.39 is 12.0 Å². The van der Waals surface area contributed by atoms with Crippen LogP contribution in [0.3, 0.4) is 0 Å². The van der Waals surface area contributed by atoms with Crippen LogP contribution in [0.5, 0.6) is 0 Å². The van der Waals surface area contributed by atoms with Gasteiger partial charge in [0.05, 0.1) is 10.6 Å². The third kappa shape index (κ3) is 5.65. The molecule has 0 spiro atoms. The second-order valence-electron chi connectivity index (χ2n) is 6.81. The number of hydrogen-bond donors (Lipinski definition) is 1. The van der Waals surface area contributed by atoms with E-state index in [4.69, 9.17) is 4.74 Å². The minimum absolute atomic E-state index is 0.0579. The van der Waals surface area contributed by atoms with Crippen LogP contribution >= 0.6 is 22.7 Å². The van der Waals surface area contributed by atoms with E-state index in [-0.39, 0.29) is 12.5 Å². The molecule has 1 amide bonds. The molecule has 156 valence electrons. The predicted molar refractivity (Wildman–Crippen MR) is 123 cm³/mol. The molecular weight excluding hydrogens is 428 g/mol. The van der Waals surface area contributed by atoms with Crippen LogP contribution in [0.4, 0.5) is 0 Å². The van der Waals surface area contributed by atoms with Crippen LogP contribution in [-0.2, 0) is 22.6 Å². The lowest BCUT2D eigenvalue weighted by Crippen LogP contribution is -2.43. The number of amides is 1. The Morgan fingerprint density at radius 1 is 0.935 bits per heavy atom. The molecule has 31 heavy (non-hydrogen) atoms. The van der Waals surface area contributed by atoms with Gasteiger partial charge in [-0.1, -0.05) is 66.7 Å². The van der Waals surface area contributed by atoms with Crippen molar-refractivity contribution in [3.05, 3.63) is 99.7 Å². The second kappa shape index (κ2) is 10.1. The Kier molecular flexibility index (Phi) is 6.86. The first-order valence-electron chi connectivity index (χ1n) is 9.74. The zero-order valence-corrected chi connectivity index (χ0v) is 18.2. The summed E-state index contributed by atoms with van der Waals surface area (Å²) in [7, 11) is 0. The highest BCUT2D eigenvalue weighted by Gasteiger charge is 2.24. The number of aromatic nitrogens is 1. The first-order valence-corrected chi connectivity index (χ1v) is 11.5. The maximum absolute atomic E-state index is 12.8. The topological polar surface area (TPSA) is 68.3 Å². The number of carbonyl (C=O) groups is 2. The number of nitrogens with zero attached hydrogens (tertiary/aromatic N) is 1. The van der Waals surface area contributed by atoms with Crippen molar-refractivity contribution in [1.29, 1.82) is 0 Å². The molecule has 4 rings (SSSR count). The molecule has 7 heteroatoms. The minimum Gasteiger partial charge on any atom is -0.458 e. The van der Waals surface area contributed by atoms with Gasteiger partial charge < -0.3 is 10.1 Å². The summed E-state index contributed by atoms with van der Waals surface area (Å²) in [4.78, 5) is 30.5. The molecule has 1 N–H and O–H groups in total. The Labute approximate surface area is 188 Å². The molecule has 5 nitrogen and oxygen atoms in total. The van der Waals surface area contributed by atoms with Crippen LogP contribution in [0.2, 0.25) is 0 Å². The monoisotopic (exact) mass is 448 g/mol. The van der Waals surface area contributed by atoms with E-state index in [0.717, 1.165) is 16.1 Å². The van der Waals surface area contributed by atoms with Crippen molar-refractivity contribution in [1.82, 2.24) is 10.3 Å². The van der Waals surface area contributed by atoms with Crippen LogP contribution in [0, 0.1) is 0 Å². The minimum atomic E-state index is -0.788. The van der Waals surface area contributed by atoms with E-state index in [1.54, 1.807) is 12.1 Å². The summed E-state index contributed by atoms with van der Waals surface area (Å²) < 4.78 is 5.52. The number of hydrogen-bond acceptors (Lipinski definition) is 6. The lowest BCUT2D eigenvalue weighted by Gasteiger charge is -2.17. The number of thiophene rings is 1. The first-order chi connectivity index (χ1) is 15.2. The Balaban J connectivity index is 1.42. The summed E-state index contributed by atoms with van der Waals surface area (Å²) in [6, 6.07) is 22.2. The van der Waals surface area contributed by atoms with Gasteiger partial charge in [-0.3, -0.25) is 4.79 Å². The second-order valence-corrected chi connectivity index (χ2v) is 8.62. The van der Waals surface area contributed by atoms with Crippen molar-refractivity contribution in [2.45, 2.75) is 19.1 Å².